The van der Waals surface area contributed by atoms with Crippen molar-refractivity contribution in [3.63, 3.8) is 0 Å². The lowest BCUT2D eigenvalue weighted by molar-refractivity contribution is 0.247. The Labute approximate surface area is 162 Å². The van der Waals surface area contributed by atoms with Gasteiger partial charge in [0.15, 0.2) is 0 Å². The molecule has 3 N–H and O–H groups in total. The van der Waals surface area contributed by atoms with E-state index in [4.69, 9.17) is 0 Å². The Morgan fingerprint density at radius 3 is 1.67 bits per heavy atom. The second-order valence-corrected chi connectivity index (χ2v) is 9.45. The summed E-state index contributed by atoms with van der Waals surface area (Å²) in [7, 11) is 0. The Bertz CT molecular complexity index is 810. The normalized spacial score (nSPS) is 20.3. The van der Waals surface area contributed by atoms with E-state index >= 15 is 0 Å². The van der Waals surface area contributed by atoms with E-state index in [-0.39, 0.29) is 28.9 Å². The van der Waals surface area contributed by atoms with Crippen molar-refractivity contribution in [2.24, 2.45) is 0 Å². The summed E-state index contributed by atoms with van der Waals surface area (Å²) in [6.45, 7) is 12.6. The van der Waals surface area contributed by atoms with Crippen LogP contribution in [-0.2, 0) is 10.8 Å². The van der Waals surface area contributed by atoms with Crippen LogP contribution < -0.4 is 10.6 Å². The van der Waals surface area contributed by atoms with Crippen LogP contribution in [0.1, 0.15) is 75.9 Å². The average molecular weight is 367 g/mol. The summed E-state index contributed by atoms with van der Waals surface area (Å²) in [4.78, 5) is 12.2. The van der Waals surface area contributed by atoms with Crippen molar-refractivity contribution in [3.05, 3.63) is 64.7 Å². The molecule has 2 aromatic carbocycles. The van der Waals surface area contributed by atoms with Crippen molar-refractivity contribution in [2.45, 2.75) is 64.5 Å². The number of amides is 2. The summed E-state index contributed by atoms with van der Waals surface area (Å²) in [5.74, 6) is 0.354. The standard InChI is InChI=1S/C23H30N2O2/c1-22(2,3)16-12-15(13-17(20(16)26)23(4,5)6)19-18(24-21(27)25-19)14-10-8-7-9-11-14/h7-13,18-19,26H,1-6H3,(H2,24,25,27). The van der Waals surface area contributed by atoms with Crippen molar-refractivity contribution < 1.29 is 9.90 Å². The zero-order chi connectivity index (χ0) is 20.0. The molecule has 0 saturated carbocycles. The topological polar surface area (TPSA) is 61.4 Å². The SMILES string of the molecule is CC(C)(C)c1cc(C2NC(=O)NC2c2ccccc2)cc(C(C)(C)C)c1O. The highest BCUT2D eigenvalue weighted by Crippen LogP contribution is 2.43. The van der Waals surface area contributed by atoms with Gasteiger partial charge < -0.3 is 15.7 Å². The number of hydrogen-bond donors (Lipinski definition) is 3. The van der Waals surface area contributed by atoms with Crippen LogP contribution in [-0.4, -0.2) is 11.1 Å². The third kappa shape index (κ3) is 3.80. The Balaban J connectivity index is 2.16. The van der Waals surface area contributed by atoms with E-state index in [0.29, 0.717) is 5.75 Å². The number of urea groups is 1. The molecule has 27 heavy (non-hydrogen) atoms. The molecule has 4 nitrogen and oxygen atoms in total. The number of carbonyl (C=O) groups excluding carboxylic acids is 1. The first-order chi connectivity index (χ1) is 12.5. The predicted octanol–water partition coefficient (Wildman–Crippen LogP) is 5.08. The largest absolute Gasteiger partial charge is 0.507 e. The maximum absolute atomic E-state index is 12.2. The van der Waals surface area contributed by atoms with E-state index < -0.39 is 0 Å². The van der Waals surface area contributed by atoms with Gasteiger partial charge in [0.25, 0.3) is 0 Å². The fraction of sp³-hybridized carbons (Fsp3) is 0.435. The molecule has 0 bridgehead atoms. The predicted molar refractivity (Wildman–Crippen MR) is 109 cm³/mol. The maximum Gasteiger partial charge on any atom is 0.315 e. The number of hydrogen-bond acceptors (Lipinski definition) is 2. The monoisotopic (exact) mass is 366 g/mol. The van der Waals surface area contributed by atoms with Gasteiger partial charge in [0.2, 0.25) is 0 Å². The van der Waals surface area contributed by atoms with Gasteiger partial charge in [0.05, 0.1) is 12.1 Å². The van der Waals surface area contributed by atoms with Crippen molar-refractivity contribution in [1.82, 2.24) is 10.6 Å². The van der Waals surface area contributed by atoms with Crippen molar-refractivity contribution >= 4 is 6.03 Å². The third-order valence-electron chi connectivity index (χ3n) is 5.17. The molecule has 1 saturated heterocycles. The summed E-state index contributed by atoms with van der Waals surface area (Å²) in [5, 5.41) is 17.1. The first-order valence-electron chi connectivity index (χ1n) is 9.48. The van der Waals surface area contributed by atoms with Crippen LogP contribution in [0.25, 0.3) is 0 Å². The van der Waals surface area contributed by atoms with Gasteiger partial charge in [-0.2, -0.15) is 0 Å². The second-order valence-electron chi connectivity index (χ2n) is 9.45. The van der Waals surface area contributed by atoms with Crippen LogP contribution >= 0.6 is 0 Å². The smallest absolute Gasteiger partial charge is 0.315 e. The number of nitrogens with one attached hydrogen (secondary N) is 2. The number of rotatable bonds is 2. The molecular weight excluding hydrogens is 336 g/mol. The molecule has 0 aliphatic carbocycles. The fourth-order valence-corrected chi connectivity index (χ4v) is 3.68. The Hall–Kier alpha value is -2.49. The zero-order valence-corrected chi connectivity index (χ0v) is 17.1. The molecule has 0 aromatic heterocycles. The van der Waals surface area contributed by atoms with Gasteiger partial charge >= 0.3 is 6.03 Å². The summed E-state index contributed by atoms with van der Waals surface area (Å²) in [5.41, 5.74) is 3.45. The Morgan fingerprint density at radius 2 is 1.22 bits per heavy atom. The molecule has 1 aliphatic heterocycles. The molecule has 1 aliphatic rings. The lowest BCUT2D eigenvalue weighted by Gasteiger charge is -2.30. The lowest BCUT2D eigenvalue weighted by Crippen LogP contribution is -2.23. The van der Waals surface area contributed by atoms with Gasteiger partial charge in [0, 0.05) is 0 Å². The molecule has 0 spiro atoms. The van der Waals surface area contributed by atoms with Crippen molar-refractivity contribution in [1.29, 1.82) is 0 Å². The van der Waals surface area contributed by atoms with Crippen LogP contribution in [0.15, 0.2) is 42.5 Å². The molecule has 0 radical (unpaired) electrons. The highest BCUT2D eigenvalue weighted by molar-refractivity contribution is 5.78. The molecule has 2 atom stereocenters. The number of carbonyl (C=O) groups is 1. The molecular formula is C23H30N2O2. The molecule has 4 heteroatoms. The molecule has 2 aromatic rings. The van der Waals surface area contributed by atoms with Crippen LogP contribution in [0.3, 0.4) is 0 Å². The Kier molecular flexibility index (Phi) is 4.71. The van der Waals surface area contributed by atoms with Crippen LogP contribution in [0, 0.1) is 0 Å². The van der Waals surface area contributed by atoms with Gasteiger partial charge in [-0.1, -0.05) is 71.9 Å². The van der Waals surface area contributed by atoms with Crippen LogP contribution in [0.4, 0.5) is 4.79 Å². The number of benzene rings is 2. The summed E-state index contributed by atoms with van der Waals surface area (Å²) in [6.07, 6.45) is 0. The van der Waals surface area contributed by atoms with E-state index in [0.717, 1.165) is 22.3 Å². The van der Waals surface area contributed by atoms with Crippen LogP contribution in [0.5, 0.6) is 5.75 Å². The first kappa shape index (κ1) is 19.3. The fourth-order valence-electron chi connectivity index (χ4n) is 3.68. The molecule has 2 amide bonds. The van der Waals surface area contributed by atoms with E-state index in [9.17, 15) is 9.90 Å². The van der Waals surface area contributed by atoms with Gasteiger partial charge in [0.1, 0.15) is 5.75 Å². The molecule has 2 unspecified atom stereocenters. The Morgan fingerprint density at radius 1 is 0.778 bits per heavy atom. The quantitative estimate of drug-likeness (QED) is 0.694. The highest BCUT2D eigenvalue weighted by Gasteiger charge is 2.36. The zero-order valence-electron chi connectivity index (χ0n) is 17.1. The summed E-state index contributed by atoms with van der Waals surface area (Å²) in [6, 6.07) is 13.6. The van der Waals surface area contributed by atoms with E-state index in [1.54, 1.807) is 0 Å². The summed E-state index contributed by atoms with van der Waals surface area (Å²) >= 11 is 0. The minimum absolute atomic E-state index is 0.149. The van der Waals surface area contributed by atoms with Gasteiger partial charge in [-0.3, -0.25) is 0 Å². The number of phenols is 1. The van der Waals surface area contributed by atoms with Gasteiger partial charge in [-0.15, -0.1) is 0 Å². The second kappa shape index (κ2) is 6.59. The highest BCUT2D eigenvalue weighted by atomic mass is 16.3. The molecule has 144 valence electrons. The average Bonchev–Trinajstić information content (AvgIpc) is 2.95. The maximum atomic E-state index is 12.2. The van der Waals surface area contributed by atoms with Crippen LogP contribution in [0.2, 0.25) is 0 Å². The number of aromatic hydroxyl groups is 1. The van der Waals surface area contributed by atoms with Crippen molar-refractivity contribution in [2.75, 3.05) is 0 Å². The number of phenolic OH excluding ortho intramolecular Hbond substituents is 1. The van der Waals surface area contributed by atoms with Gasteiger partial charge in [-0.25, -0.2) is 4.79 Å². The lowest BCUT2D eigenvalue weighted by atomic mass is 9.77. The van der Waals surface area contributed by atoms with Gasteiger partial charge in [-0.05, 0) is 45.2 Å². The minimum Gasteiger partial charge on any atom is -0.507 e. The minimum atomic E-state index is -0.210. The molecule has 1 heterocycles. The first-order valence-corrected chi connectivity index (χ1v) is 9.48. The third-order valence-corrected chi connectivity index (χ3v) is 5.17. The molecule has 3 rings (SSSR count). The van der Waals surface area contributed by atoms with E-state index in [2.05, 4.69) is 52.2 Å². The summed E-state index contributed by atoms with van der Waals surface area (Å²) < 4.78 is 0. The van der Waals surface area contributed by atoms with Crippen molar-refractivity contribution in [3.8, 4) is 5.75 Å². The van der Waals surface area contributed by atoms with E-state index in [1.165, 1.54) is 0 Å². The molecule has 1 fully saturated rings. The van der Waals surface area contributed by atoms with E-state index in [1.807, 2.05) is 42.5 Å².